The Balaban J connectivity index is 2.46. The number of nitrogens with one attached hydrogen (secondary N) is 1. The molecule has 0 saturated carbocycles. The number of methoxy groups -OCH3 is 1. The fourth-order valence-corrected chi connectivity index (χ4v) is 2.27. The van der Waals surface area contributed by atoms with E-state index >= 15 is 0 Å². The van der Waals surface area contributed by atoms with Gasteiger partial charge in [-0.1, -0.05) is 0 Å². The van der Waals surface area contributed by atoms with Crippen molar-refractivity contribution in [2.24, 2.45) is 5.73 Å². The predicted molar refractivity (Wildman–Crippen MR) is 77.3 cm³/mol. The third-order valence-electron chi connectivity index (χ3n) is 2.62. The van der Waals surface area contributed by atoms with Gasteiger partial charge in [-0.25, -0.2) is 4.98 Å². The molecule has 3 N–H and O–H groups in total. The van der Waals surface area contributed by atoms with E-state index in [0.29, 0.717) is 24.5 Å². The van der Waals surface area contributed by atoms with Gasteiger partial charge in [0.1, 0.15) is 11.6 Å². The van der Waals surface area contributed by atoms with Crippen LogP contribution in [0.3, 0.4) is 0 Å². The van der Waals surface area contributed by atoms with Crippen molar-refractivity contribution in [2.45, 2.75) is 6.42 Å². The zero-order valence-corrected chi connectivity index (χ0v) is 12.0. The predicted octanol–water partition coefficient (Wildman–Crippen LogP) is 1.71. The Kier molecular flexibility index (Phi) is 4.34. The van der Waals surface area contributed by atoms with Crippen LogP contribution in [0.15, 0.2) is 33.5 Å². The molecule has 0 fully saturated rings. The molecule has 0 aliphatic heterocycles. The third-order valence-corrected chi connectivity index (χ3v) is 3.24. The first-order valence-electron chi connectivity index (χ1n) is 5.78. The van der Waals surface area contributed by atoms with E-state index in [0.717, 1.165) is 15.8 Å². The summed E-state index contributed by atoms with van der Waals surface area (Å²) in [6, 6.07) is 6.97. The Labute approximate surface area is 119 Å². The monoisotopic (exact) mass is 323 g/mol. The standard InChI is InChI=1S/C13H14BrN3O2/c1-19-11-3-2-8(6-10(11)14)13-16-9(4-5-15)7-12(18)17-13/h2-3,6-7H,4-5,15H2,1H3,(H,16,17,18). The summed E-state index contributed by atoms with van der Waals surface area (Å²) in [5.41, 5.74) is 6.80. The van der Waals surface area contributed by atoms with Crippen LogP contribution >= 0.6 is 15.9 Å². The molecule has 1 aromatic carbocycles. The summed E-state index contributed by atoms with van der Waals surface area (Å²) in [7, 11) is 1.60. The van der Waals surface area contributed by atoms with Crippen molar-refractivity contribution in [2.75, 3.05) is 13.7 Å². The number of H-pyrrole nitrogens is 1. The molecule has 0 unspecified atom stereocenters. The largest absolute Gasteiger partial charge is 0.496 e. The molecule has 0 atom stereocenters. The van der Waals surface area contributed by atoms with E-state index in [4.69, 9.17) is 10.5 Å². The van der Waals surface area contributed by atoms with E-state index in [1.54, 1.807) is 7.11 Å². The van der Waals surface area contributed by atoms with Crippen molar-refractivity contribution in [1.82, 2.24) is 9.97 Å². The lowest BCUT2D eigenvalue weighted by Crippen LogP contribution is -2.13. The van der Waals surface area contributed by atoms with Crippen molar-refractivity contribution in [1.29, 1.82) is 0 Å². The van der Waals surface area contributed by atoms with Crippen LogP contribution in [0.2, 0.25) is 0 Å². The van der Waals surface area contributed by atoms with E-state index in [2.05, 4.69) is 25.9 Å². The molecule has 0 aliphatic carbocycles. The van der Waals surface area contributed by atoms with E-state index in [1.807, 2.05) is 18.2 Å². The van der Waals surface area contributed by atoms with Crippen LogP contribution in [0.4, 0.5) is 0 Å². The summed E-state index contributed by atoms with van der Waals surface area (Å²) in [5.74, 6) is 1.25. The normalized spacial score (nSPS) is 10.5. The Morgan fingerprint density at radius 2 is 2.21 bits per heavy atom. The molecule has 100 valence electrons. The molecule has 1 aromatic heterocycles. The molecular formula is C13H14BrN3O2. The Hall–Kier alpha value is -1.66. The first-order chi connectivity index (χ1) is 9.13. The lowest BCUT2D eigenvalue weighted by atomic mass is 10.2. The smallest absolute Gasteiger partial charge is 0.251 e. The molecule has 19 heavy (non-hydrogen) atoms. The van der Waals surface area contributed by atoms with Crippen molar-refractivity contribution < 1.29 is 4.74 Å². The van der Waals surface area contributed by atoms with Crippen LogP contribution in [0.1, 0.15) is 5.69 Å². The van der Waals surface area contributed by atoms with Gasteiger partial charge in [0, 0.05) is 23.7 Å². The summed E-state index contributed by atoms with van der Waals surface area (Å²) in [5, 5.41) is 0. The number of hydrogen-bond acceptors (Lipinski definition) is 4. The number of ether oxygens (including phenoxy) is 1. The van der Waals surface area contributed by atoms with Crippen molar-refractivity contribution >= 4 is 15.9 Å². The van der Waals surface area contributed by atoms with Gasteiger partial charge in [-0.3, -0.25) is 4.79 Å². The van der Waals surface area contributed by atoms with Gasteiger partial charge in [-0.05, 0) is 40.7 Å². The third kappa shape index (κ3) is 3.21. The van der Waals surface area contributed by atoms with E-state index in [9.17, 15) is 4.79 Å². The Morgan fingerprint density at radius 1 is 1.42 bits per heavy atom. The fraction of sp³-hybridized carbons (Fsp3) is 0.231. The van der Waals surface area contributed by atoms with E-state index < -0.39 is 0 Å². The molecule has 0 radical (unpaired) electrons. The maximum absolute atomic E-state index is 11.6. The topological polar surface area (TPSA) is 81.0 Å². The van der Waals surface area contributed by atoms with Crippen molar-refractivity contribution in [3.63, 3.8) is 0 Å². The average Bonchev–Trinajstić information content (AvgIpc) is 2.38. The van der Waals surface area contributed by atoms with Gasteiger partial charge in [0.2, 0.25) is 0 Å². The molecule has 5 nitrogen and oxygen atoms in total. The SMILES string of the molecule is COc1ccc(-c2nc(CCN)cc(=O)[nH]2)cc1Br. The lowest BCUT2D eigenvalue weighted by Gasteiger charge is -2.07. The molecule has 0 bridgehead atoms. The highest BCUT2D eigenvalue weighted by Gasteiger charge is 2.07. The summed E-state index contributed by atoms with van der Waals surface area (Å²) < 4.78 is 5.97. The summed E-state index contributed by atoms with van der Waals surface area (Å²) in [6.07, 6.45) is 0.578. The van der Waals surface area contributed by atoms with Crippen LogP contribution in [-0.2, 0) is 6.42 Å². The maximum Gasteiger partial charge on any atom is 0.251 e. The number of aromatic amines is 1. The van der Waals surface area contributed by atoms with Crippen LogP contribution in [0.5, 0.6) is 5.75 Å². The number of nitrogens with two attached hydrogens (primary N) is 1. The minimum atomic E-state index is -0.180. The molecule has 1 heterocycles. The highest BCUT2D eigenvalue weighted by molar-refractivity contribution is 9.10. The molecular weight excluding hydrogens is 310 g/mol. The number of aromatic nitrogens is 2. The highest BCUT2D eigenvalue weighted by atomic mass is 79.9. The zero-order valence-electron chi connectivity index (χ0n) is 10.4. The van der Waals surface area contributed by atoms with Gasteiger partial charge >= 0.3 is 0 Å². The molecule has 0 amide bonds. The number of hydrogen-bond donors (Lipinski definition) is 2. The number of nitrogens with zero attached hydrogens (tertiary/aromatic N) is 1. The number of halogens is 1. The summed E-state index contributed by atoms with van der Waals surface area (Å²) >= 11 is 3.41. The molecule has 6 heteroatoms. The van der Waals surface area contributed by atoms with Crippen LogP contribution in [-0.4, -0.2) is 23.6 Å². The van der Waals surface area contributed by atoms with Gasteiger partial charge in [0.25, 0.3) is 5.56 Å². The molecule has 0 spiro atoms. The lowest BCUT2D eigenvalue weighted by molar-refractivity contribution is 0.412. The fourth-order valence-electron chi connectivity index (χ4n) is 1.73. The van der Waals surface area contributed by atoms with Crippen LogP contribution in [0.25, 0.3) is 11.4 Å². The first kappa shape index (κ1) is 13.8. The average molecular weight is 324 g/mol. The van der Waals surface area contributed by atoms with E-state index in [-0.39, 0.29) is 5.56 Å². The van der Waals surface area contributed by atoms with Crippen LogP contribution in [0, 0.1) is 0 Å². The van der Waals surface area contributed by atoms with Gasteiger partial charge in [-0.15, -0.1) is 0 Å². The highest BCUT2D eigenvalue weighted by Crippen LogP contribution is 2.28. The summed E-state index contributed by atoms with van der Waals surface area (Å²) in [4.78, 5) is 18.7. The van der Waals surface area contributed by atoms with Crippen molar-refractivity contribution in [3.05, 3.63) is 44.8 Å². The van der Waals surface area contributed by atoms with E-state index in [1.165, 1.54) is 6.07 Å². The van der Waals surface area contributed by atoms with Gasteiger partial charge < -0.3 is 15.5 Å². The second-order valence-corrected chi connectivity index (χ2v) is 4.83. The second kappa shape index (κ2) is 5.99. The number of rotatable bonds is 4. The first-order valence-corrected chi connectivity index (χ1v) is 6.57. The maximum atomic E-state index is 11.6. The summed E-state index contributed by atoms with van der Waals surface area (Å²) in [6.45, 7) is 0.461. The van der Waals surface area contributed by atoms with Crippen LogP contribution < -0.4 is 16.0 Å². The minimum Gasteiger partial charge on any atom is -0.496 e. The molecule has 2 aromatic rings. The zero-order chi connectivity index (χ0) is 13.8. The molecule has 0 saturated heterocycles. The molecule has 2 rings (SSSR count). The van der Waals surface area contributed by atoms with Gasteiger partial charge in [-0.2, -0.15) is 0 Å². The quantitative estimate of drug-likeness (QED) is 0.897. The van der Waals surface area contributed by atoms with Crippen molar-refractivity contribution in [3.8, 4) is 17.1 Å². The Morgan fingerprint density at radius 3 is 2.84 bits per heavy atom. The second-order valence-electron chi connectivity index (χ2n) is 3.97. The minimum absolute atomic E-state index is 0.180. The molecule has 0 aliphatic rings. The number of benzene rings is 1. The van der Waals surface area contributed by atoms with Gasteiger partial charge in [0.05, 0.1) is 11.6 Å². The van der Waals surface area contributed by atoms with Gasteiger partial charge in [0.15, 0.2) is 0 Å². The Bertz CT molecular complexity index is 640.